The van der Waals surface area contributed by atoms with Gasteiger partial charge in [0.15, 0.2) is 0 Å². The Balaban J connectivity index is 1.98. The lowest BCUT2D eigenvalue weighted by Crippen LogP contribution is -2.43. The number of aliphatic hydroxyl groups excluding tert-OH is 1. The minimum atomic E-state index is -0.434. The molecule has 0 spiro atoms. The fourth-order valence-corrected chi connectivity index (χ4v) is 2.16. The molecule has 0 saturated carbocycles. The number of imidazole rings is 1. The van der Waals surface area contributed by atoms with Crippen LogP contribution in [0.4, 0.5) is 0 Å². The molecule has 4 nitrogen and oxygen atoms in total. The topological polar surface area (TPSA) is 64.1 Å². The van der Waals surface area contributed by atoms with Crippen molar-refractivity contribution in [3.05, 3.63) is 30.6 Å². The molecule has 18 heavy (non-hydrogen) atoms. The molecule has 2 aromatic rings. The fraction of sp³-hybridized carbons (Fsp3) is 0.500. The zero-order valence-corrected chi connectivity index (χ0v) is 10.8. The minimum absolute atomic E-state index is 0.0498. The standard InChI is InChI=1S/C14H21N3O/c1-2-14(15,10-18)8-5-9-17-11-16-12-6-3-4-7-13(12)17/h3-4,6-7,11,18H,2,5,8-10,15H2,1H3. The Bertz CT molecular complexity index is 502. The van der Waals surface area contributed by atoms with E-state index in [4.69, 9.17) is 5.73 Å². The normalized spacial score (nSPS) is 14.8. The molecule has 1 atom stereocenters. The third-order valence-corrected chi connectivity index (χ3v) is 3.62. The first-order valence-corrected chi connectivity index (χ1v) is 6.48. The van der Waals surface area contributed by atoms with Crippen LogP contribution in [0.3, 0.4) is 0 Å². The maximum atomic E-state index is 9.27. The van der Waals surface area contributed by atoms with Gasteiger partial charge in [0.2, 0.25) is 0 Å². The van der Waals surface area contributed by atoms with Gasteiger partial charge >= 0.3 is 0 Å². The summed E-state index contributed by atoms with van der Waals surface area (Å²) in [4.78, 5) is 4.36. The summed E-state index contributed by atoms with van der Waals surface area (Å²) in [5, 5.41) is 9.27. The number of hydrogen-bond donors (Lipinski definition) is 2. The number of hydrogen-bond acceptors (Lipinski definition) is 3. The monoisotopic (exact) mass is 247 g/mol. The lowest BCUT2D eigenvalue weighted by molar-refractivity contribution is 0.179. The van der Waals surface area contributed by atoms with Gasteiger partial charge in [-0.15, -0.1) is 0 Å². The average molecular weight is 247 g/mol. The van der Waals surface area contributed by atoms with E-state index in [2.05, 4.69) is 15.6 Å². The zero-order valence-electron chi connectivity index (χ0n) is 10.8. The number of fused-ring (bicyclic) bond motifs is 1. The minimum Gasteiger partial charge on any atom is -0.394 e. The second kappa shape index (κ2) is 5.50. The van der Waals surface area contributed by atoms with E-state index in [1.165, 1.54) is 0 Å². The molecule has 0 aliphatic rings. The number of aromatic nitrogens is 2. The summed E-state index contributed by atoms with van der Waals surface area (Å²) in [6.07, 6.45) is 4.44. The maximum Gasteiger partial charge on any atom is 0.0958 e. The van der Waals surface area contributed by atoms with Crippen LogP contribution < -0.4 is 5.73 Å². The van der Waals surface area contributed by atoms with E-state index in [0.29, 0.717) is 0 Å². The summed E-state index contributed by atoms with van der Waals surface area (Å²) in [6, 6.07) is 8.10. The molecule has 1 aromatic heterocycles. The second-order valence-corrected chi connectivity index (χ2v) is 4.90. The lowest BCUT2D eigenvalue weighted by atomic mass is 9.93. The van der Waals surface area contributed by atoms with E-state index >= 15 is 0 Å². The molecule has 4 heteroatoms. The maximum absolute atomic E-state index is 9.27. The van der Waals surface area contributed by atoms with Crippen LogP contribution in [0.1, 0.15) is 26.2 Å². The third kappa shape index (κ3) is 2.71. The lowest BCUT2D eigenvalue weighted by Gasteiger charge is -2.25. The number of benzene rings is 1. The number of para-hydroxylation sites is 2. The molecule has 0 aliphatic carbocycles. The van der Waals surface area contributed by atoms with Gasteiger partial charge in [-0.05, 0) is 31.4 Å². The van der Waals surface area contributed by atoms with Crippen LogP contribution in [0, 0.1) is 0 Å². The van der Waals surface area contributed by atoms with Crippen LogP contribution in [0.5, 0.6) is 0 Å². The first-order chi connectivity index (χ1) is 8.68. The van der Waals surface area contributed by atoms with Crippen LogP contribution in [0.2, 0.25) is 0 Å². The van der Waals surface area contributed by atoms with Crippen molar-refractivity contribution in [3.63, 3.8) is 0 Å². The molecule has 0 radical (unpaired) electrons. The summed E-state index contributed by atoms with van der Waals surface area (Å²) in [5.41, 5.74) is 7.82. The SMILES string of the molecule is CCC(N)(CO)CCCn1cnc2ccccc21. The molecule has 0 aliphatic heterocycles. The van der Waals surface area contributed by atoms with Crippen molar-refractivity contribution in [1.29, 1.82) is 0 Å². The van der Waals surface area contributed by atoms with Gasteiger partial charge in [-0.2, -0.15) is 0 Å². The number of aliphatic hydroxyl groups is 1. The molecule has 0 saturated heterocycles. The largest absolute Gasteiger partial charge is 0.394 e. The summed E-state index contributed by atoms with van der Waals surface area (Å²) < 4.78 is 2.14. The summed E-state index contributed by atoms with van der Waals surface area (Å²) in [7, 11) is 0. The fourth-order valence-electron chi connectivity index (χ4n) is 2.16. The van der Waals surface area contributed by atoms with Gasteiger partial charge in [0.25, 0.3) is 0 Å². The van der Waals surface area contributed by atoms with Crippen molar-refractivity contribution in [2.24, 2.45) is 5.73 Å². The highest BCUT2D eigenvalue weighted by molar-refractivity contribution is 5.74. The molecule has 2 rings (SSSR count). The van der Waals surface area contributed by atoms with Gasteiger partial charge in [0.1, 0.15) is 0 Å². The van der Waals surface area contributed by atoms with Crippen molar-refractivity contribution < 1.29 is 5.11 Å². The van der Waals surface area contributed by atoms with Crippen LogP contribution in [0.15, 0.2) is 30.6 Å². The molecule has 0 fully saturated rings. The molecule has 0 amide bonds. The number of aryl methyl sites for hydroxylation is 1. The first kappa shape index (κ1) is 13.1. The summed E-state index contributed by atoms with van der Waals surface area (Å²) in [6.45, 7) is 2.95. The van der Waals surface area contributed by atoms with E-state index in [0.717, 1.165) is 36.8 Å². The van der Waals surface area contributed by atoms with Crippen LogP contribution in [-0.2, 0) is 6.54 Å². The Morgan fingerprint density at radius 3 is 2.89 bits per heavy atom. The van der Waals surface area contributed by atoms with E-state index < -0.39 is 5.54 Å². The van der Waals surface area contributed by atoms with Crippen molar-refractivity contribution in [2.75, 3.05) is 6.61 Å². The molecule has 1 heterocycles. The van der Waals surface area contributed by atoms with Crippen molar-refractivity contribution >= 4 is 11.0 Å². The Morgan fingerprint density at radius 2 is 2.17 bits per heavy atom. The molecule has 3 N–H and O–H groups in total. The van der Waals surface area contributed by atoms with E-state index in [-0.39, 0.29) is 6.61 Å². The zero-order chi connectivity index (χ0) is 13.0. The Labute approximate surface area is 107 Å². The third-order valence-electron chi connectivity index (χ3n) is 3.62. The van der Waals surface area contributed by atoms with Crippen molar-refractivity contribution in [3.8, 4) is 0 Å². The average Bonchev–Trinajstić information content (AvgIpc) is 2.82. The van der Waals surface area contributed by atoms with Gasteiger partial charge in [-0.1, -0.05) is 19.1 Å². The molecular formula is C14H21N3O. The highest BCUT2D eigenvalue weighted by Gasteiger charge is 2.20. The van der Waals surface area contributed by atoms with Gasteiger partial charge in [-0.25, -0.2) is 4.98 Å². The van der Waals surface area contributed by atoms with Crippen molar-refractivity contribution in [1.82, 2.24) is 9.55 Å². The molecule has 98 valence electrons. The van der Waals surface area contributed by atoms with Gasteiger partial charge < -0.3 is 15.4 Å². The number of rotatable bonds is 6. The van der Waals surface area contributed by atoms with Gasteiger partial charge in [-0.3, -0.25) is 0 Å². The predicted molar refractivity (Wildman–Crippen MR) is 73.3 cm³/mol. The Kier molecular flexibility index (Phi) is 3.99. The quantitative estimate of drug-likeness (QED) is 0.819. The van der Waals surface area contributed by atoms with Crippen LogP contribution in [-0.4, -0.2) is 26.8 Å². The first-order valence-electron chi connectivity index (χ1n) is 6.48. The van der Waals surface area contributed by atoms with E-state index in [1.54, 1.807) is 0 Å². The smallest absolute Gasteiger partial charge is 0.0958 e. The van der Waals surface area contributed by atoms with Gasteiger partial charge in [0.05, 0.1) is 24.0 Å². The van der Waals surface area contributed by atoms with Gasteiger partial charge in [0, 0.05) is 12.1 Å². The molecule has 1 aromatic carbocycles. The van der Waals surface area contributed by atoms with E-state index in [9.17, 15) is 5.11 Å². The Hall–Kier alpha value is -1.39. The number of nitrogens with two attached hydrogens (primary N) is 1. The molecule has 1 unspecified atom stereocenters. The molecular weight excluding hydrogens is 226 g/mol. The summed E-state index contributed by atoms with van der Waals surface area (Å²) >= 11 is 0. The highest BCUT2D eigenvalue weighted by Crippen LogP contribution is 2.16. The van der Waals surface area contributed by atoms with Crippen molar-refractivity contribution in [2.45, 2.75) is 38.3 Å². The number of nitrogens with zero attached hydrogens (tertiary/aromatic N) is 2. The van der Waals surface area contributed by atoms with Crippen LogP contribution in [0.25, 0.3) is 11.0 Å². The highest BCUT2D eigenvalue weighted by atomic mass is 16.3. The van der Waals surface area contributed by atoms with E-state index in [1.807, 2.05) is 31.5 Å². The summed E-state index contributed by atoms with van der Waals surface area (Å²) in [5.74, 6) is 0. The molecule has 0 bridgehead atoms. The van der Waals surface area contributed by atoms with Crippen LogP contribution >= 0.6 is 0 Å². The second-order valence-electron chi connectivity index (χ2n) is 4.90. The Morgan fingerprint density at radius 1 is 1.39 bits per heavy atom. The predicted octanol–water partition coefficient (Wildman–Crippen LogP) is 1.92.